The molecule has 7 aromatic carbocycles. The summed E-state index contributed by atoms with van der Waals surface area (Å²) in [5, 5.41) is 1.16. The molecule has 1 aliphatic heterocycles. The van der Waals surface area contributed by atoms with E-state index in [1.54, 1.807) is 0 Å². The van der Waals surface area contributed by atoms with Gasteiger partial charge in [-0.05, 0) is 51.6 Å². The standard InChI is InChI=1S/C53H37N3/c1-3-43-44-23-16-25-46-51(44)56(49(43)4-2)50-26-15-14-24-45(50)53(46,41-21-12-7-13-22-41)42-33-31-39(32-34-42)48-35-47(54-52(55-48)40-19-10-6-11-20-40)38-29-27-37(28-30-38)36-17-8-5-9-18-36/h3-35H,1-2H2. The van der Waals surface area contributed by atoms with Crippen LogP contribution in [0, 0.1) is 0 Å². The van der Waals surface area contributed by atoms with Gasteiger partial charge in [-0.15, -0.1) is 0 Å². The fourth-order valence-electron chi connectivity index (χ4n) is 8.77. The molecule has 56 heavy (non-hydrogen) atoms. The third-order valence-electron chi connectivity index (χ3n) is 11.3. The van der Waals surface area contributed by atoms with Gasteiger partial charge in [-0.3, -0.25) is 0 Å². The second-order valence-electron chi connectivity index (χ2n) is 14.2. The highest BCUT2D eigenvalue weighted by Crippen LogP contribution is 2.54. The minimum absolute atomic E-state index is 0.604. The number of para-hydroxylation sites is 2. The first-order chi connectivity index (χ1) is 27.7. The molecule has 0 bridgehead atoms. The van der Waals surface area contributed by atoms with Crippen LogP contribution in [-0.2, 0) is 5.41 Å². The lowest BCUT2D eigenvalue weighted by molar-refractivity contribution is 0.724. The third-order valence-corrected chi connectivity index (χ3v) is 11.3. The molecule has 9 aromatic rings. The van der Waals surface area contributed by atoms with Crippen LogP contribution < -0.4 is 0 Å². The second-order valence-corrected chi connectivity index (χ2v) is 14.2. The summed E-state index contributed by atoms with van der Waals surface area (Å²) in [5.74, 6) is 0.694. The van der Waals surface area contributed by atoms with Gasteiger partial charge in [-0.2, -0.15) is 0 Å². The molecule has 0 radical (unpaired) electrons. The Morgan fingerprint density at radius 2 is 0.964 bits per heavy atom. The fraction of sp³-hybridized carbons (Fsp3) is 0.0189. The molecule has 0 saturated heterocycles. The molecule has 0 aliphatic carbocycles. The Kier molecular flexibility index (Phi) is 8.01. The fourth-order valence-corrected chi connectivity index (χ4v) is 8.77. The van der Waals surface area contributed by atoms with Gasteiger partial charge < -0.3 is 4.57 Å². The molecule has 0 N–H and O–H groups in total. The van der Waals surface area contributed by atoms with Crippen molar-refractivity contribution in [2.75, 3.05) is 0 Å². The van der Waals surface area contributed by atoms with E-state index in [4.69, 9.17) is 9.97 Å². The van der Waals surface area contributed by atoms with Crippen molar-refractivity contribution in [3.8, 4) is 50.7 Å². The molecule has 0 fully saturated rings. The Labute approximate surface area is 327 Å². The van der Waals surface area contributed by atoms with E-state index < -0.39 is 5.41 Å². The Balaban J connectivity index is 1.16. The normalized spacial score (nSPS) is 14.3. The van der Waals surface area contributed by atoms with Gasteiger partial charge >= 0.3 is 0 Å². The molecule has 1 unspecified atom stereocenters. The maximum absolute atomic E-state index is 5.18. The van der Waals surface area contributed by atoms with Crippen LogP contribution in [0.1, 0.15) is 33.5 Å². The lowest BCUT2D eigenvalue weighted by Crippen LogP contribution is -2.35. The number of benzene rings is 7. The van der Waals surface area contributed by atoms with Crippen molar-refractivity contribution in [3.05, 3.63) is 235 Å². The molecule has 3 heterocycles. The molecule has 3 nitrogen and oxygen atoms in total. The van der Waals surface area contributed by atoms with Gasteiger partial charge in [0.05, 0.1) is 33.7 Å². The maximum atomic E-state index is 5.18. The summed E-state index contributed by atoms with van der Waals surface area (Å²) in [7, 11) is 0. The van der Waals surface area contributed by atoms with Crippen LogP contribution in [0.2, 0.25) is 0 Å². The molecule has 10 rings (SSSR count). The molecule has 1 aliphatic rings. The van der Waals surface area contributed by atoms with Gasteiger partial charge in [-0.25, -0.2) is 9.97 Å². The zero-order valence-electron chi connectivity index (χ0n) is 30.8. The Hall–Kier alpha value is -7.36. The van der Waals surface area contributed by atoms with Crippen molar-refractivity contribution in [1.29, 1.82) is 0 Å². The minimum Gasteiger partial charge on any atom is -0.309 e. The first kappa shape index (κ1) is 33.2. The summed E-state index contributed by atoms with van der Waals surface area (Å²) in [6.07, 6.45) is 3.92. The van der Waals surface area contributed by atoms with E-state index in [0.29, 0.717) is 5.82 Å². The second kappa shape index (κ2) is 13.5. The van der Waals surface area contributed by atoms with Crippen LogP contribution in [0.15, 0.2) is 201 Å². The van der Waals surface area contributed by atoms with Gasteiger partial charge in [0.2, 0.25) is 0 Å². The summed E-state index contributed by atoms with van der Waals surface area (Å²) in [6.45, 7) is 8.48. The van der Waals surface area contributed by atoms with Crippen LogP contribution in [0.4, 0.5) is 0 Å². The lowest BCUT2D eigenvalue weighted by atomic mass is 9.63. The molecular weight excluding hydrogens is 679 g/mol. The maximum Gasteiger partial charge on any atom is 0.160 e. The third kappa shape index (κ3) is 5.13. The quantitative estimate of drug-likeness (QED) is 0.157. The smallest absolute Gasteiger partial charge is 0.160 e. The first-order valence-corrected chi connectivity index (χ1v) is 19.0. The summed E-state index contributed by atoms with van der Waals surface area (Å²) >= 11 is 0. The van der Waals surface area contributed by atoms with Crippen molar-refractivity contribution in [3.63, 3.8) is 0 Å². The average Bonchev–Trinajstić information content (AvgIpc) is 3.62. The summed E-state index contributed by atoms with van der Waals surface area (Å²) < 4.78 is 2.37. The summed E-state index contributed by atoms with van der Waals surface area (Å²) in [4.78, 5) is 10.3. The molecule has 3 heteroatoms. The summed E-state index contributed by atoms with van der Waals surface area (Å²) in [5.41, 5.74) is 15.8. The molecule has 0 saturated carbocycles. The predicted molar refractivity (Wildman–Crippen MR) is 233 cm³/mol. The largest absolute Gasteiger partial charge is 0.309 e. The van der Waals surface area contributed by atoms with Crippen LogP contribution >= 0.6 is 0 Å². The van der Waals surface area contributed by atoms with Crippen molar-refractivity contribution >= 4 is 23.1 Å². The molecule has 264 valence electrons. The van der Waals surface area contributed by atoms with Crippen molar-refractivity contribution in [2.24, 2.45) is 0 Å². The monoisotopic (exact) mass is 715 g/mol. The van der Waals surface area contributed by atoms with Crippen molar-refractivity contribution in [1.82, 2.24) is 14.5 Å². The van der Waals surface area contributed by atoms with E-state index in [2.05, 4.69) is 182 Å². The van der Waals surface area contributed by atoms with Crippen LogP contribution in [-0.4, -0.2) is 14.5 Å². The van der Waals surface area contributed by atoms with Crippen molar-refractivity contribution < 1.29 is 0 Å². The van der Waals surface area contributed by atoms with Gasteiger partial charge in [-0.1, -0.05) is 195 Å². The Bertz CT molecular complexity index is 2910. The highest BCUT2D eigenvalue weighted by atomic mass is 15.0. The number of fused-ring (bicyclic) bond motifs is 2. The number of hydrogen-bond donors (Lipinski definition) is 0. The number of hydrogen-bond acceptors (Lipinski definition) is 2. The SMILES string of the molecule is C=Cc1c(C=C)n2c3c(cccc13)C(c1ccccc1)(c1ccc(-c3cc(-c4ccc(-c5ccccc5)cc4)nc(-c4ccccc4)n3)cc1)c1ccccc1-2. The Morgan fingerprint density at radius 3 is 1.61 bits per heavy atom. The van der Waals surface area contributed by atoms with E-state index in [0.717, 1.165) is 50.4 Å². The van der Waals surface area contributed by atoms with Crippen LogP contribution in [0.5, 0.6) is 0 Å². The van der Waals surface area contributed by atoms with E-state index in [1.165, 1.54) is 38.9 Å². The van der Waals surface area contributed by atoms with E-state index >= 15 is 0 Å². The zero-order chi connectivity index (χ0) is 37.6. The van der Waals surface area contributed by atoms with E-state index in [1.807, 2.05) is 36.4 Å². The topological polar surface area (TPSA) is 30.7 Å². The highest BCUT2D eigenvalue weighted by molar-refractivity contribution is 6.00. The van der Waals surface area contributed by atoms with Gasteiger partial charge in [0, 0.05) is 27.6 Å². The molecule has 1 atom stereocenters. The number of rotatable bonds is 8. The molecular formula is C53H37N3. The number of nitrogens with zero attached hydrogens (tertiary/aromatic N) is 3. The van der Waals surface area contributed by atoms with Gasteiger partial charge in [0.1, 0.15) is 0 Å². The molecule has 0 amide bonds. The number of aromatic nitrogens is 3. The highest BCUT2D eigenvalue weighted by Gasteiger charge is 2.45. The van der Waals surface area contributed by atoms with Gasteiger partial charge in [0.15, 0.2) is 5.82 Å². The summed E-state index contributed by atoms with van der Waals surface area (Å²) in [6, 6.07) is 66.9. The van der Waals surface area contributed by atoms with Crippen LogP contribution in [0.3, 0.4) is 0 Å². The molecule has 0 spiro atoms. The van der Waals surface area contributed by atoms with Crippen LogP contribution in [0.25, 0.3) is 73.8 Å². The van der Waals surface area contributed by atoms with E-state index in [9.17, 15) is 0 Å². The Morgan fingerprint density at radius 1 is 0.446 bits per heavy atom. The average molecular weight is 716 g/mol. The lowest BCUT2D eigenvalue weighted by Gasteiger charge is -2.42. The van der Waals surface area contributed by atoms with E-state index in [-0.39, 0.29) is 0 Å². The van der Waals surface area contributed by atoms with Gasteiger partial charge in [0.25, 0.3) is 0 Å². The minimum atomic E-state index is -0.604. The van der Waals surface area contributed by atoms with Crippen molar-refractivity contribution in [2.45, 2.75) is 5.41 Å². The first-order valence-electron chi connectivity index (χ1n) is 19.0. The zero-order valence-corrected chi connectivity index (χ0v) is 30.8. The molecule has 2 aromatic heterocycles. The predicted octanol–water partition coefficient (Wildman–Crippen LogP) is 13.1.